The van der Waals surface area contributed by atoms with E-state index in [0.29, 0.717) is 6.54 Å². The van der Waals surface area contributed by atoms with E-state index in [2.05, 4.69) is 16.3 Å². The molecule has 0 aromatic heterocycles. The Morgan fingerprint density at radius 3 is 2.71 bits per heavy atom. The van der Waals surface area contributed by atoms with E-state index >= 15 is 0 Å². The van der Waals surface area contributed by atoms with Crippen molar-refractivity contribution in [1.82, 2.24) is 5.32 Å². The molecule has 2 N–H and O–H groups in total. The van der Waals surface area contributed by atoms with Gasteiger partial charge in [-0.05, 0) is 36.8 Å². The Hall–Kier alpha value is -2.44. The summed E-state index contributed by atoms with van der Waals surface area (Å²) in [4.78, 5) is 16.2. The third-order valence-corrected chi connectivity index (χ3v) is 5.83. The predicted octanol–water partition coefficient (Wildman–Crippen LogP) is 1.48. The number of para-hydroxylation sites is 1. The second-order valence-electron chi connectivity index (χ2n) is 7.22. The van der Waals surface area contributed by atoms with Gasteiger partial charge >= 0.3 is 0 Å². The minimum atomic E-state index is -0.0950. The number of carbonyl (C=O) groups excluding carboxylic acids is 1. The first-order valence-electron chi connectivity index (χ1n) is 9.62. The molecule has 1 atom stereocenters. The van der Waals surface area contributed by atoms with E-state index in [-0.39, 0.29) is 18.7 Å². The summed E-state index contributed by atoms with van der Waals surface area (Å²) in [5.74, 6) is 1.56. The first-order valence-corrected chi connectivity index (χ1v) is 10.00. The molecule has 2 aromatic rings. The number of nitrogens with one attached hydrogen (secondary N) is 2. The zero-order valence-electron chi connectivity index (χ0n) is 15.9. The van der Waals surface area contributed by atoms with Crippen molar-refractivity contribution >= 4 is 23.2 Å². The van der Waals surface area contributed by atoms with Crippen LogP contribution in [0.5, 0.6) is 11.5 Å². The maximum Gasteiger partial charge on any atom is 0.278 e. The van der Waals surface area contributed by atoms with E-state index in [0.717, 1.165) is 54.0 Å². The van der Waals surface area contributed by atoms with Crippen LogP contribution >= 0.6 is 11.6 Å². The van der Waals surface area contributed by atoms with Gasteiger partial charge in [-0.3, -0.25) is 4.79 Å². The molecule has 148 valence electrons. The van der Waals surface area contributed by atoms with E-state index < -0.39 is 0 Å². The van der Waals surface area contributed by atoms with E-state index in [1.165, 1.54) is 4.90 Å². The van der Waals surface area contributed by atoms with E-state index in [9.17, 15) is 4.79 Å². The number of rotatable bonds is 5. The molecule has 2 heterocycles. The number of carbonyl (C=O) groups is 1. The van der Waals surface area contributed by atoms with Crippen LogP contribution in [0.15, 0.2) is 42.5 Å². The highest BCUT2D eigenvalue weighted by Crippen LogP contribution is 2.32. The van der Waals surface area contributed by atoms with Gasteiger partial charge < -0.3 is 24.6 Å². The Labute approximate surface area is 170 Å². The molecule has 28 heavy (non-hydrogen) atoms. The zero-order valence-corrected chi connectivity index (χ0v) is 16.7. The minimum absolute atomic E-state index is 0.0684. The van der Waals surface area contributed by atoms with Gasteiger partial charge in [0, 0.05) is 6.54 Å². The molecule has 1 fully saturated rings. The summed E-state index contributed by atoms with van der Waals surface area (Å²) in [5.41, 5.74) is 2.08. The molecule has 2 aromatic carbocycles. The van der Waals surface area contributed by atoms with Crippen molar-refractivity contribution < 1.29 is 19.2 Å². The van der Waals surface area contributed by atoms with Crippen molar-refractivity contribution in [3.05, 3.63) is 53.1 Å². The minimum Gasteiger partial charge on any atom is -0.454 e. The fourth-order valence-electron chi connectivity index (χ4n) is 3.75. The average Bonchev–Trinajstić information content (AvgIpc) is 3.20. The molecule has 6 nitrogen and oxygen atoms in total. The van der Waals surface area contributed by atoms with Crippen molar-refractivity contribution in [2.75, 3.05) is 37.9 Å². The van der Waals surface area contributed by atoms with Gasteiger partial charge in [0.25, 0.3) is 5.91 Å². The molecular weight excluding hydrogens is 378 g/mol. The SMILES string of the molecule is C[C@@H](C(=O)NCc1ccc2c(c1)OCO2)[NH+]1CCN(c2ccccc2Cl)CC1. The molecule has 1 amide bonds. The molecule has 7 heteroatoms. The lowest BCUT2D eigenvalue weighted by Gasteiger charge is -2.36. The van der Waals surface area contributed by atoms with Crippen LogP contribution in [0.3, 0.4) is 0 Å². The van der Waals surface area contributed by atoms with Crippen molar-refractivity contribution in [1.29, 1.82) is 0 Å². The normalized spacial score (nSPS) is 17.4. The van der Waals surface area contributed by atoms with Gasteiger partial charge in [0.2, 0.25) is 6.79 Å². The fourth-order valence-corrected chi connectivity index (χ4v) is 4.01. The maximum absolute atomic E-state index is 12.6. The summed E-state index contributed by atoms with van der Waals surface area (Å²) in [7, 11) is 0. The summed E-state index contributed by atoms with van der Waals surface area (Å²) in [6.07, 6.45) is 0. The molecule has 0 radical (unpaired) electrons. The summed E-state index contributed by atoms with van der Waals surface area (Å²) in [6.45, 7) is 6.32. The lowest BCUT2D eigenvalue weighted by molar-refractivity contribution is -0.914. The van der Waals surface area contributed by atoms with Crippen LogP contribution in [0, 0.1) is 0 Å². The lowest BCUT2D eigenvalue weighted by atomic mass is 10.1. The van der Waals surface area contributed by atoms with E-state index in [1.807, 2.05) is 43.3 Å². The second kappa shape index (κ2) is 8.29. The van der Waals surface area contributed by atoms with Crippen LogP contribution < -0.4 is 24.6 Å². The Kier molecular flexibility index (Phi) is 5.59. The molecule has 0 saturated carbocycles. The van der Waals surface area contributed by atoms with Gasteiger partial charge in [-0.25, -0.2) is 0 Å². The Balaban J connectivity index is 1.28. The summed E-state index contributed by atoms with van der Waals surface area (Å²) >= 11 is 6.31. The molecule has 0 unspecified atom stereocenters. The first-order chi connectivity index (χ1) is 13.6. The molecule has 1 saturated heterocycles. The summed E-state index contributed by atoms with van der Waals surface area (Å²) < 4.78 is 10.7. The fraction of sp³-hybridized carbons (Fsp3) is 0.381. The van der Waals surface area contributed by atoms with Gasteiger partial charge in [0.15, 0.2) is 17.5 Å². The van der Waals surface area contributed by atoms with Crippen LogP contribution in [-0.4, -0.2) is 44.9 Å². The molecule has 0 bridgehead atoms. The molecule has 0 aliphatic carbocycles. The number of amides is 1. The number of hydrogen-bond acceptors (Lipinski definition) is 4. The second-order valence-corrected chi connectivity index (χ2v) is 7.63. The predicted molar refractivity (Wildman–Crippen MR) is 108 cm³/mol. The number of benzene rings is 2. The highest BCUT2D eigenvalue weighted by Gasteiger charge is 2.29. The third-order valence-electron chi connectivity index (χ3n) is 5.51. The van der Waals surface area contributed by atoms with Gasteiger partial charge in [-0.1, -0.05) is 29.8 Å². The number of fused-ring (bicyclic) bond motifs is 1. The molecule has 0 spiro atoms. The standard InChI is InChI=1S/C21H24ClN3O3/c1-15(21(26)23-13-16-6-7-19-20(12-16)28-14-27-19)24-8-10-25(11-9-24)18-5-3-2-4-17(18)22/h2-7,12,15H,8-11,13-14H2,1H3,(H,23,26)/p+1/t15-/m0/s1. The summed E-state index contributed by atoms with van der Waals surface area (Å²) in [6, 6.07) is 13.6. The number of hydrogen-bond donors (Lipinski definition) is 2. The molecule has 2 aliphatic heterocycles. The van der Waals surface area contributed by atoms with Gasteiger partial charge in [-0.2, -0.15) is 0 Å². The van der Waals surface area contributed by atoms with E-state index in [1.54, 1.807) is 0 Å². The molecular formula is C21H25ClN3O3+. The number of nitrogens with zero attached hydrogens (tertiary/aromatic N) is 1. The Morgan fingerprint density at radius 1 is 1.18 bits per heavy atom. The smallest absolute Gasteiger partial charge is 0.278 e. The van der Waals surface area contributed by atoms with Gasteiger partial charge in [0.1, 0.15) is 0 Å². The first kappa shape index (κ1) is 18.9. The van der Waals surface area contributed by atoms with Crippen LogP contribution in [0.2, 0.25) is 5.02 Å². The number of halogens is 1. The molecule has 4 rings (SSSR count). The highest BCUT2D eigenvalue weighted by atomic mass is 35.5. The average molecular weight is 403 g/mol. The van der Waals surface area contributed by atoms with Crippen molar-refractivity contribution in [2.45, 2.75) is 19.5 Å². The quantitative estimate of drug-likeness (QED) is 0.795. The lowest BCUT2D eigenvalue weighted by Crippen LogP contribution is -3.19. The molecule has 2 aliphatic rings. The van der Waals surface area contributed by atoms with Crippen LogP contribution in [-0.2, 0) is 11.3 Å². The van der Waals surface area contributed by atoms with Crippen LogP contribution in [0.4, 0.5) is 5.69 Å². The number of quaternary nitrogens is 1. The van der Waals surface area contributed by atoms with E-state index in [4.69, 9.17) is 21.1 Å². The third kappa shape index (κ3) is 4.03. The largest absolute Gasteiger partial charge is 0.454 e. The highest BCUT2D eigenvalue weighted by molar-refractivity contribution is 6.33. The number of ether oxygens (including phenoxy) is 2. The maximum atomic E-state index is 12.6. The van der Waals surface area contributed by atoms with Crippen molar-refractivity contribution in [3.63, 3.8) is 0 Å². The van der Waals surface area contributed by atoms with Crippen LogP contribution in [0.1, 0.15) is 12.5 Å². The zero-order chi connectivity index (χ0) is 19.5. The van der Waals surface area contributed by atoms with Crippen LogP contribution in [0.25, 0.3) is 0 Å². The number of anilines is 1. The Bertz CT molecular complexity index is 853. The monoisotopic (exact) mass is 402 g/mol. The van der Waals surface area contributed by atoms with Gasteiger partial charge in [-0.15, -0.1) is 0 Å². The summed E-state index contributed by atoms with van der Waals surface area (Å²) in [5, 5.41) is 3.83. The Morgan fingerprint density at radius 2 is 1.93 bits per heavy atom. The number of piperazine rings is 1. The van der Waals surface area contributed by atoms with Crippen molar-refractivity contribution in [3.8, 4) is 11.5 Å². The van der Waals surface area contributed by atoms with Crippen molar-refractivity contribution in [2.24, 2.45) is 0 Å². The van der Waals surface area contributed by atoms with Gasteiger partial charge in [0.05, 0.1) is 36.9 Å². The topological polar surface area (TPSA) is 55.2 Å².